The Morgan fingerprint density at radius 1 is 1.67 bits per heavy atom. The maximum absolute atomic E-state index is 12.2. The van der Waals surface area contributed by atoms with Crippen molar-refractivity contribution in [3.8, 4) is 0 Å². The van der Waals surface area contributed by atoms with E-state index in [1.807, 2.05) is 18.4 Å². The van der Waals surface area contributed by atoms with Crippen molar-refractivity contribution in [3.05, 3.63) is 34.2 Å². The van der Waals surface area contributed by atoms with Crippen LogP contribution in [-0.2, 0) is 6.42 Å². The molecule has 0 saturated carbocycles. The average molecular weight is 264 g/mol. The molecule has 2 aromatic rings. The minimum Gasteiger partial charge on any atom is -0.383 e. The van der Waals surface area contributed by atoms with Crippen LogP contribution in [0.25, 0.3) is 0 Å². The molecule has 2 heterocycles. The van der Waals surface area contributed by atoms with Crippen molar-refractivity contribution in [2.75, 3.05) is 12.8 Å². The summed E-state index contributed by atoms with van der Waals surface area (Å²) < 4.78 is 0. The largest absolute Gasteiger partial charge is 0.383 e. The molecule has 2 aromatic heterocycles. The molecule has 0 aliphatic heterocycles. The molecule has 2 rings (SSSR count). The molecule has 0 aliphatic rings. The first-order valence-electron chi connectivity index (χ1n) is 5.68. The Labute approximate surface area is 110 Å². The summed E-state index contributed by atoms with van der Waals surface area (Å²) in [5, 5.41) is 8.38. The topological polar surface area (TPSA) is 75.0 Å². The number of nitrogens with two attached hydrogens (primary N) is 1. The molecular weight excluding hydrogens is 248 g/mol. The Morgan fingerprint density at radius 3 is 3.00 bits per heavy atom. The third-order valence-corrected chi connectivity index (χ3v) is 3.86. The van der Waals surface area contributed by atoms with Crippen molar-refractivity contribution in [2.24, 2.45) is 0 Å². The SMILES string of the molecule is CC(Cc1cccs1)N(C)C(=O)c1cn[nH]c1N. The van der Waals surface area contributed by atoms with E-state index in [2.05, 4.69) is 16.3 Å². The van der Waals surface area contributed by atoms with Gasteiger partial charge in [0.15, 0.2) is 0 Å². The molecule has 0 aliphatic carbocycles. The van der Waals surface area contributed by atoms with Gasteiger partial charge >= 0.3 is 0 Å². The number of aromatic nitrogens is 2. The highest BCUT2D eigenvalue weighted by molar-refractivity contribution is 7.09. The highest BCUT2D eigenvalue weighted by atomic mass is 32.1. The zero-order valence-electron chi connectivity index (χ0n) is 10.4. The molecule has 1 atom stereocenters. The van der Waals surface area contributed by atoms with E-state index in [0.29, 0.717) is 11.4 Å². The first-order chi connectivity index (χ1) is 8.59. The Hall–Kier alpha value is -1.82. The second-order valence-corrected chi connectivity index (χ2v) is 5.28. The molecule has 0 aromatic carbocycles. The maximum atomic E-state index is 12.2. The number of nitrogens with one attached hydrogen (secondary N) is 1. The lowest BCUT2D eigenvalue weighted by Gasteiger charge is -2.24. The second kappa shape index (κ2) is 5.22. The van der Waals surface area contributed by atoms with Crippen LogP contribution in [0.5, 0.6) is 0 Å². The number of aromatic amines is 1. The molecule has 5 nitrogen and oxygen atoms in total. The normalized spacial score (nSPS) is 12.3. The summed E-state index contributed by atoms with van der Waals surface area (Å²) in [6, 6.07) is 4.21. The van der Waals surface area contributed by atoms with Crippen LogP contribution < -0.4 is 5.73 Å². The van der Waals surface area contributed by atoms with Gasteiger partial charge in [-0.1, -0.05) is 6.07 Å². The lowest BCUT2D eigenvalue weighted by Crippen LogP contribution is -2.36. The van der Waals surface area contributed by atoms with Crippen LogP contribution in [0.3, 0.4) is 0 Å². The first kappa shape index (κ1) is 12.6. The van der Waals surface area contributed by atoms with Gasteiger partial charge in [-0.25, -0.2) is 0 Å². The summed E-state index contributed by atoms with van der Waals surface area (Å²) in [6.07, 6.45) is 2.31. The molecular formula is C12H16N4OS. The number of H-pyrrole nitrogens is 1. The quantitative estimate of drug-likeness (QED) is 0.883. The van der Waals surface area contributed by atoms with Crippen molar-refractivity contribution < 1.29 is 4.79 Å². The van der Waals surface area contributed by atoms with E-state index in [0.717, 1.165) is 6.42 Å². The van der Waals surface area contributed by atoms with E-state index in [-0.39, 0.29) is 11.9 Å². The van der Waals surface area contributed by atoms with Crippen LogP contribution in [0.4, 0.5) is 5.82 Å². The zero-order valence-corrected chi connectivity index (χ0v) is 11.2. The number of anilines is 1. The summed E-state index contributed by atoms with van der Waals surface area (Å²) in [5.41, 5.74) is 6.08. The van der Waals surface area contributed by atoms with Gasteiger partial charge in [0.05, 0.1) is 6.20 Å². The van der Waals surface area contributed by atoms with Gasteiger partial charge in [-0.15, -0.1) is 11.3 Å². The first-order valence-corrected chi connectivity index (χ1v) is 6.56. The van der Waals surface area contributed by atoms with Gasteiger partial charge in [0.25, 0.3) is 5.91 Å². The minimum atomic E-state index is -0.106. The molecule has 1 unspecified atom stereocenters. The van der Waals surface area contributed by atoms with Crippen molar-refractivity contribution >= 4 is 23.1 Å². The van der Waals surface area contributed by atoms with E-state index in [1.165, 1.54) is 11.1 Å². The summed E-state index contributed by atoms with van der Waals surface area (Å²) in [6.45, 7) is 2.02. The number of nitrogen functional groups attached to an aromatic ring is 1. The van der Waals surface area contributed by atoms with Crippen LogP contribution >= 0.6 is 11.3 Å². The standard InChI is InChI=1S/C12H16N4OS/c1-8(6-9-4-3-5-18-9)16(2)12(17)10-7-14-15-11(10)13/h3-5,7-8H,6H2,1-2H3,(H3,13,14,15). The van der Waals surface area contributed by atoms with E-state index < -0.39 is 0 Å². The zero-order chi connectivity index (χ0) is 13.1. The fraction of sp³-hybridized carbons (Fsp3) is 0.333. The van der Waals surface area contributed by atoms with Crippen molar-refractivity contribution in [2.45, 2.75) is 19.4 Å². The van der Waals surface area contributed by atoms with Crippen LogP contribution in [0.2, 0.25) is 0 Å². The monoisotopic (exact) mass is 264 g/mol. The van der Waals surface area contributed by atoms with Gasteiger partial charge in [-0.2, -0.15) is 5.10 Å². The Kier molecular flexibility index (Phi) is 3.66. The lowest BCUT2D eigenvalue weighted by molar-refractivity contribution is 0.0745. The number of thiophene rings is 1. The van der Waals surface area contributed by atoms with E-state index in [1.54, 1.807) is 23.3 Å². The summed E-state index contributed by atoms with van der Waals surface area (Å²) in [7, 11) is 1.78. The number of hydrogen-bond donors (Lipinski definition) is 2. The molecule has 96 valence electrons. The predicted octanol–water partition coefficient (Wildman–Crippen LogP) is 1.76. The molecule has 3 N–H and O–H groups in total. The Bertz CT molecular complexity index is 520. The summed E-state index contributed by atoms with van der Waals surface area (Å²) in [5.74, 6) is 0.209. The highest BCUT2D eigenvalue weighted by Crippen LogP contribution is 2.16. The van der Waals surface area contributed by atoms with Crippen LogP contribution in [-0.4, -0.2) is 34.1 Å². The molecule has 0 fully saturated rings. The third-order valence-electron chi connectivity index (χ3n) is 2.96. The fourth-order valence-corrected chi connectivity index (χ4v) is 2.54. The van der Waals surface area contributed by atoms with E-state index in [4.69, 9.17) is 5.73 Å². The number of carbonyl (C=O) groups is 1. The smallest absolute Gasteiger partial charge is 0.259 e. The fourth-order valence-electron chi connectivity index (χ4n) is 1.71. The Morgan fingerprint density at radius 2 is 2.44 bits per heavy atom. The maximum Gasteiger partial charge on any atom is 0.259 e. The van der Waals surface area contributed by atoms with Crippen LogP contribution in [0, 0.1) is 0 Å². The third kappa shape index (κ3) is 2.53. The van der Waals surface area contributed by atoms with Crippen molar-refractivity contribution in [1.82, 2.24) is 15.1 Å². The molecule has 0 saturated heterocycles. The van der Waals surface area contributed by atoms with Crippen molar-refractivity contribution in [1.29, 1.82) is 0 Å². The van der Waals surface area contributed by atoms with Gasteiger partial charge in [-0.3, -0.25) is 9.89 Å². The second-order valence-electron chi connectivity index (χ2n) is 4.25. The number of amides is 1. The van der Waals surface area contributed by atoms with Gasteiger partial charge in [0.2, 0.25) is 0 Å². The van der Waals surface area contributed by atoms with Crippen molar-refractivity contribution in [3.63, 3.8) is 0 Å². The highest BCUT2D eigenvalue weighted by Gasteiger charge is 2.21. The number of nitrogens with zero attached hydrogens (tertiary/aromatic N) is 2. The van der Waals surface area contributed by atoms with Gasteiger partial charge < -0.3 is 10.6 Å². The van der Waals surface area contributed by atoms with Crippen LogP contribution in [0.1, 0.15) is 22.2 Å². The average Bonchev–Trinajstić information content (AvgIpc) is 2.98. The van der Waals surface area contributed by atoms with Gasteiger partial charge in [0.1, 0.15) is 11.4 Å². The Balaban J connectivity index is 2.05. The van der Waals surface area contributed by atoms with E-state index in [9.17, 15) is 4.79 Å². The number of rotatable bonds is 4. The van der Waals surface area contributed by atoms with Gasteiger partial charge in [0, 0.05) is 24.4 Å². The van der Waals surface area contributed by atoms with Gasteiger partial charge in [-0.05, 0) is 18.4 Å². The molecule has 18 heavy (non-hydrogen) atoms. The molecule has 0 radical (unpaired) electrons. The van der Waals surface area contributed by atoms with E-state index >= 15 is 0 Å². The molecule has 0 spiro atoms. The minimum absolute atomic E-state index is 0.106. The lowest BCUT2D eigenvalue weighted by atomic mass is 10.1. The number of likely N-dealkylation sites (N-methyl/N-ethyl adjacent to an activating group) is 1. The molecule has 1 amide bonds. The summed E-state index contributed by atoms with van der Waals surface area (Å²) in [4.78, 5) is 15.1. The summed E-state index contributed by atoms with van der Waals surface area (Å²) >= 11 is 1.70. The number of hydrogen-bond acceptors (Lipinski definition) is 4. The predicted molar refractivity (Wildman–Crippen MR) is 72.6 cm³/mol. The van der Waals surface area contributed by atoms with Crippen LogP contribution in [0.15, 0.2) is 23.7 Å². The molecule has 6 heteroatoms. The number of carbonyl (C=O) groups excluding carboxylic acids is 1. The molecule has 0 bridgehead atoms.